The van der Waals surface area contributed by atoms with E-state index in [2.05, 4.69) is 10.5 Å². The largest absolute Gasteiger partial charge is 0.356 e. The summed E-state index contributed by atoms with van der Waals surface area (Å²) in [6.07, 6.45) is 3.26. The fourth-order valence-corrected chi connectivity index (χ4v) is 2.12. The second-order valence-corrected chi connectivity index (χ2v) is 4.60. The minimum absolute atomic E-state index is 0.135. The van der Waals surface area contributed by atoms with Gasteiger partial charge in [-0.25, -0.2) is 0 Å². The standard InChI is InChI=1S/C17H14N2O2/c1-18-16(20)10-8-12-7-9-15-14(11-12)17(21-19-15)13-5-3-2-4-6-13/h2-11H,1H3,(H,18,20)/b10-8+. The van der Waals surface area contributed by atoms with Crippen LogP contribution in [0, 0.1) is 0 Å². The van der Waals surface area contributed by atoms with Crippen molar-refractivity contribution in [2.75, 3.05) is 7.05 Å². The predicted molar refractivity (Wildman–Crippen MR) is 82.5 cm³/mol. The lowest BCUT2D eigenvalue weighted by molar-refractivity contribution is -0.115. The number of aromatic nitrogens is 1. The van der Waals surface area contributed by atoms with Crippen molar-refractivity contribution >= 4 is 22.9 Å². The van der Waals surface area contributed by atoms with E-state index in [9.17, 15) is 4.79 Å². The highest BCUT2D eigenvalue weighted by Gasteiger charge is 2.10. The van der Waals surface area contributed by atoms with Gasteiger partial charge < -0.3 is 9.84 Å². The second kappa shape index (κ2) is 5.63. The first-order chi connectivity index (χ1) is 10.3. The summed E-state index contributed by atoms with van der Waals surface area (Å²) in [5.41, 5.74) is 2.70. The summed E-state index contributed by atoms with van der Waals surface area (Å²) in [6, 6.07) is 15.6. The molecular weight excluding hydrogens is 264 g/mol. The van der Waals surface area contributed by atoms with Gasteiger partial charge in [0.1, 0.15) is 5.52 Å². The summed E-state index contributed by atoms with van der Waals surface area (Å²) in [5.74, 6) is 0.601. The number of amides is 1. The molecule has 0 aliphatic rings. The van der Waals surface area contributed by atoms with Gasteiger partial charge in [-0.3, -0.25) is 4.79 Å². The molecule has 0 atom stereocenters. The summed E-state index contributed by atoms with van der Waals surface area (Å²) in [6.45, 7) is 0. The molecule has 1 amide bonds. The molecule has 0 spiro atoms. The van der Waals surface area contributed by atoms with Gasteiger partial charge in [-0.15, -0.1) is 0 Å². The summed E-state index contributed by atoms with van der Waals surface area (Å²) < 4.78 is 5.45. The maximum Gasteiger partial charge on any atom is 0.243 e. The van der Waals surface area contributed by atoms with Gasteiger partial charge in [-0.05, 0) is 23.8 Å². The molecule has 0 saturated heterocycles. The second-order valence-electron chi connectivity index (χ2n) is 4.60. The zero-order valence-corrected chi connectivity index (χ0v) is 11.5. The molecule has 1 N–H and O–H groups in total. The average molecular weight is 278 g/mol. The Labute approximate surface area is 122 Å². The van der Waals surface area contributed by atoms with Crippen molar-refractivity contribution in [3.05, 3.63) is 60.2 Å². The molecular formula is C17H14N2O2. The monoisotopic (exact) mass is 278 g/mol. The molecule has 0 aliphatic heterocycles. The van der Waals surface area contributed by atoms with Crippen LogP contribution in [0.25, 0.3) is 28.3 Å². The molecule has 0 bridgehead atoms. The van der Waals surface area contributed by atoms with Crippen molar-refractivity contribution in [1.82, 2.24) is 10.5 Å². The number of carbonyl (C=O) groups is 1. The third-order valence-electron chi connectivity index (χ3n) is 3.21. The molecule has 0 unspecified atom stereocenters. The number of hydrogen-bond donors (Lipinski definition) is 1. The number of nitrogens with one attached hydrogen (secondary N) is 1. The van der Waals surface area contributed by atoms with Crippen molar-refractivity contribution < 1.29 is 9.32 Å². The van der Waals surface area contributed by atoms with Gasteiger partial charge in [-0.1, -0.05) is 41.6 Å². The van der Waals surface area contributed by atoms with Crippen LogP contribution in [0.4, 0.5) is 0 Å². The SMILES string of the molecule is CNC(=O)/C=C/c1ccc2noc(-c3ccccc3)c2c1. The van der Waals surface area contributed by atoms with Crippen LogP contribution in [-0.4, -0.2) is 18.1 Å². The molecule has 0 radical (unpaired) electrons. The summed E-state index contributed by atoms with van der Waals surface area (Å²) >= 11 is 0. The first kappa shape index (κ1) is 13.1. The molecule has 3 rings (SSSR count). The molecule has 0 aliphatic carbocycles. The molecule has 0 saturated carbocycles. The molecule has 1 aromatic heterocycles. The Kier molecular flexibility index (Phi) is 3.51. The van der Waals surface area contributed by atoms with Crippen molar-refractivity contribution in [3.8, 4) is 11.3 Å². The molecule has 4 heteroatoms. The predicted octanol–water partition coefficient (Wildman–Crippen LogP) is 3.25. The number of rotatable bonds is 3. The summed E-state index contributed by atoms with van der Waals surface area (Å²) in [5, 5.41) is 7.55. The number of fused-ring (bicyclic) bond motifs is 1. The van der Waals surface area contributed by atoms with E-state index in [1.807, 2.05) is 48.5 Å². The van der Waals surface area contributed by atoms with E-state index in [4.69, 9.17) is 4.52 Å². The lowest BCUT2D eigenvalue weighted by atomic mass is 10.1. The number of benzene rings is 2. The molecule has 4 nitrogen and oxygen atoms in total. The Morgan fingerprint density at radius 2 is 2.00 bits per heavy atom. The average Bonchev–Trinajstić information content (AvgIpc) is 2.96. The molecule has 1 heterocycles. The fraction of sp³-hybridized carbons (Fsp3) is 0.0588. The van der Waals surface area contributed by atoms with E-state index in [0.717, 1.165) is 27.8 Å². The van der Waals surface area contributed by atoms with Crippen molar-refractivity contribution in [3.63, 3.8) is 0 Å². The molecule has 104 valence electrons. The van der Waals surface area contributed by atoms with E-state index in [0.29, 0.717) is 0 Å². The molecule has 3 aromatic rings. The van der Waals surface area contributed by atoms with E-state index >= 15 is 0 Å². The van der Waals surface area contributed by atoms with Gasteiger partial charge >= 0.3 is 0 Å². The fourth-order valence-electron chi connectivity index (χ4n) is 2.12. The third kappa shape index (κ3) is 2.69. The van der Waals surface area contributed by atoms with Crippen molar-refractivity contribution in [2.45, 2.75) is 0 Å². The lowest BCUT2D eigenvalue weighted by Crippen LogP contribution is -2.13. The zero-order valence-electron chi connectivity index (χ0n) is 11.5. The number of nitrogens with zero attached hydrogens (tertiary/aromatic N) is 1. The first-order valence-electron chi connectivity index (χ1n) is 6.62. The summed E-state index contributed by atoms with van der Waals surface area (Å²) in [4.78, 5) is 11.3. The van der Waals surface area contributed by atoms with E-state index in [1.165, 1.54) is 6.08 Å². The Hall–Kier alpha value is -2.88. The Morgan fingerprint density at radius 3 is 2.76 bits per heavy atom. The third-order valence-corrected chi connectivity index (χ3v) is 3.21. The Bertz CT molecular complexity index is 804. The smallest absolute Gasteiger partial charge is 0.243 e. The van der Waals surface area contributed by atoms with E-state index in [-0.39, 0.29) is 5.91 Å². The molecule has 21 heavy (non-hydrogen) atoms. The van der Waals surface area contributed by atoms with Crippen LogP contribution in [0.5, 0.6) is 0 Å². The lowest BCUT2D eigenvalue weighted by Gasteiger charge is -1.97. The number of likely N-dealkylation sites (N-methyl/N-ethyl adjacent to an activating group) is 1. The summed E-state index contributed by atoms with van der Waals surface area (Å²) in [7, 11) is 1.60. The Balaban J connectivity index is 2.04. The van der Waals surface area contributed by atoms with Gasteiger partial charge in [-0.2, -0.15) is 0 Å². The van der Waals surface area contributed by atoms with Crippen LogP contribution in [-0.2, 0) is 4.79 Å². The van der Waals surface area contributed by atoms with Crippen LogP contribution in [0.1, 0.15) is 5.56 Å². The topological polar surface area (TPSA) is 55.1 Å². The maximum absolute atomic E-state index is 11.3. The van der Waals surface area contributed by atoms with Crippen LogP contribution < -0.4 is 5.32 Å². The minimum atomic E-state index is -0.135. The van der Waals surface area contributed by atoms with E-state index in [1.54, 1.807) is 13.1 Å². The van der Waals surface area contributed by atoms with Crippen molar-refractivity contribution in [2.24, 2.45) is 0 Å². The number of hydrogen-bond acceptors (Lipinski definition) is 3. The van der Waals surface area contributed by atoms with Crippen LogP contribution >= 0.6 is 0 Å². The number of carbonyl (C=O) groups excluding carboxylic acids is 1. The minimum Gasteiger partial charge on any atom is -0.356 e. The van der Waals surface area contributed by atoms with Gasteiger partial charge in [0.05, 0.1) is 5.39 Å². The van der Waals surface area contributed by atoms with Crippen LogP contribution in [0.2, 0.25) is 0 Å². The van der Waals surface area contributed by atoms with E-state index < -0.39 is 0 Å². The van der Waals surface area contributed by atoms with Crippen LogP contribution in [0.15, 0.2) is 59.1 Å². The van der Waals surface area contributed by atoms with Gasteiger partial charge in [0, 0.05) is 18.7 Å². The highest BCUT2D eigenvalue weighted by atomic mass is 16.5. The van der Waals surface area contributed by atoms with Gasteiger partial charge in [0.2, 0.25) is 5.91 Å². The Morgan fingerprint density at radius 1 is 1.19 bits per heavy atom. The highest BCUT2D eigenvalue weighted by molar-refractivity contribution is 5.95. The first-order valence-corrected chi connectivity index (χ1v) is 6.62. The molecule has 0 fully saturated rings. The van der Waals surface area contributed by atoms with Crippen molar-refractivity contribution in [1.29, 1.82) is 0 Å². The normalized spacial score (nSPS) is 11.1. The van der Waals surface area contributed by atoms with Gasteiger partial charge in [0.15, 0.2) is 5.76 Å². The highest BCUT2D eigenvalue weighted by Crippen LogP contribution is 2.29. The van der Waals surface area contributed by atoms with Crippen LogP contribution in [0.3, 0.4) is 0 Å². The zero-order chi connectivity index (χ0) is 14.7. The quantitative estimate of drug-likeness (QED) is 0.748. The molecule has 2 aromatic carbocycles. The maximum atomic E-state index is 11.3. The van der Waals surface area contributed by atoms with Gasteiger partial charge in [0.25, 0.3) is 0 Å².